The quantitative estimate of drug-likeness (QED) is 0.358. The molecule has 0 heterocycles. The Morgan fingerprint density at radius 3 is 2.93 bits per heavy atom. The Bertz CT molecular complexity index is 396. The summed E-state index contributed by atoms with van der Waals surface area (Å²) >= 11 is 10.7. The Hall–Kier alpha value is -1.13. The van der Waals surface area contributed by atoms with Gasteiger partial charge in [0.25, 0.3) is 0 Å². The number of oxime groups is 1. The molecule has 0 aliphatic carbocycles. The zero-order chi connectivity index (χ0) is 11.3. The fourth-order valence-electron chi connectivity index (χ4n) is 0.763. The lowest BCUT2D eigenvalue weighted by atomic mass is 10.2. The first-order chi connectivity index (χ1) is 7.13. The standard InChI is InChI=1S/C9H6Cl2FNO2/c10-4-9(14)15-13-5-6-1-2-8(12)7(11)3-6/h1-3,5H,4H2/b13-5+. The summed E-state index contributed by atoms with van der Waals surface area (Å²) in [7, 11) is 0. The van der Waals surface area contributed by atoms with Crippen LogP contribution in [0.15, 0.2) is 23.4 Å². The molecule has 0 N–H and O–H groups in total. The molecule has 0 atom stereocenters. The summed E-state index contributed by atoms with van der Waals surface area (Å²) in [5, 5.41) is 3.32. The van der Waals surface area contributed by atoms with E-state index in [2.05, 4.69) is 9.99 Å². The SMILES string of the molecule is O=C(CCl)O/N=C/c1ccc(F)c(Cl)c1. The summed E-state index contributed by atoms with van der Waals surface area (Å²) in [4.78, 5) is 14.9. The maximum atomic E-state index is 12.7. The van der Waals surface area contributed by atoms with Gasteiger partial charge in [-0.1, -0.05) is 22.8 Å². The van der Waals surface area contributed by atoms with Gasteiger partial charge in [-0.25, -0.2) is 9.18 Å². The van der Waals surface area contributed by atoms with Crippen molar-refractivity contribution in [1.82, 2.24) is 0 Å². The second-order valence-electron chi connectivity index (χ2n) is 2.50. The van der Waals surface area contributed by atoms with E-state index in [-0.39, 0.29) is 10.9 Å². The van der Waals surface area contributed by atoms with Crippen LogP contribution in [0.4, 0.5) is 4.39 Å². The highest BCUT2D eigenvalue weighted by Gasteiger charge is 2.00. The lowest BCUT2D eigenvalue weighted by molar-refractivity contribution is -0.140. The summed E-state index contributed by atoms with van der Waals surface area (Å²) in [6.07, 6.45) is 1.23. The predicted octanol–water partition coefficient (Wildman–Crippen LogP) is 2.60. The third-order valence-corrected chi connectivity index (χ3v) is 1.92. The van der Waals surface area contributed by atoms with Crippen molar-refractivity contribution >= 4 is 35.4 Å². The largest absolute Gasteiger partial charge is 0.349 e. The minimum Gasteiger partial charge on any atom is -0.317 e. The molecule has 0 unspecified atom stereocenters. The Balaban J connectivity index is 2.65. The van der Waals surface area contributed by atoms with Gasteiger partial charge >= 0.3 is 5.97 Å². The van der Waals surface area contributed by atoms with Crippen molar-refractivity contribution < 1.29 is 14.0 Å². The molecule has 1 rings (SSSR count). The average molecular weight is 250 g/mol. The van der Waals surface area contributed by atoms with Crippen molar-refractivity contribution in [2.45, 2.75) is 0 Å². The minimum absolute atomic E-state index is 0.0254. The van der Waals surface area contributed by atoms with Gasteiger partial charge in [-0.3, -0.25) is 0 Å². The highest BCUT2D eigenvalue weighted by Crippen LogP contribution is 2.14. The summed E-state index contributed by atoms with van der Waals surface area (Å²) in [6, 6.07) is 3.99. The molecular formula is C9H6Cl2FNO2. The molecule has 0 radical (unpaired) electrons. The summed E-state index contributed by atoms with van der Waals surface area (Å²) < 4.78 is 12.7. The number of alkyl halides is 1. The lowest BCUT2D eigenvalue weighted by Crippen LogP contribution is -2.00. The number of benzene rings is 1. The molecular weight excluding hydrogens is 244 g/mol. The van der Waals surface area contributed by atoms with E-state index in [0.29, 0.717) is 5.56 Å². The smallest absolute Gasteiger partial charge is 0.317 e. The van der Waals surface area contributed by atoms with Crippen LogP contribution in [-0.2, 0) is 9.63 Å². The van der Waals surface area contributed by atoms with E-state index in [1.54, 1.807) is 0 Å². The Morgan fingerprint density at radius 1 is 1.60 bits per heavy atom. The van der Waals surface area contributed by atoms with E-state index in [1.165, 1.54) is 24.4 Å². The van der Waals surface area contributed by atoms with Gasteiger partial charge in [0.15, 0.2) is 0 Å². The molecule has 3 nitrogen and oxygen atoms in total. The summed E-state index contributed by atoms with van der Waals surface area (Å²) in [5.74, 6) is -1.46. The molecule has 80 valence electrons. The molecule has 0 amide bonds. The molecule has 0 aromatic heterocycles. The van der Waals surface area contributed by atoms with E-state index in [9.17, 15) is 9.18 Å². The van der Waals surface area contributed by atoms with Crippen molar-refractivity contribution in [3.8, 4) is 0 Å². The molecule has 0 saturated heterocycles. The molecule has 1 aromatic carbocycles. The van der Waals surface area contributed by atoms with Gasteiger partial charge in [0, 0.05) is 0 Å². The molecule has 0 bridgehead atoms. The lowest BCUT2D eigenvalue weighted by Gasteiger charge is -1.95. The number of halogens is 3. The fraction of sp³-hybridized carbons (Fsp3) is 0.111. The van der Waals surface area contributed by atoms with Crippen molar-refractivity contribution in [3.05, 3.63) is 34.6 Å². The molecule has 1 aromatic rings. The molecule has 6 heteroatoms. The number of carbonyl (C=O) groups excluding carboxylic acids is 1. The molecule has 0 spiro atoms. The monoisotopic (exact) mass is 249 g/mol. The van der Waals surface area contributed by atoms with Gasteiger partial charge in [0.05, 0.1) is 11.2 Å². The van der Waals surface area contributed by atoms with Crippen LogP contribution in [0.25, 0.3) is 0 Å². The second-order valence-corrected chi connectivity index (χ2v) is 3.18. The number of rotatable bonds is 3. The Kier molecular flexibility index (Phi) is 4.52. The first kappa shape index (κ1) is 11.9. The van der Waals surface area contributed by atoms with Crippen LogP contribution < -0.4 is 0 Å². The highest BCUT2D eigenvalue weighted by atomic mass is 35.5. The Morgan fingerprint density at radius 2 is 2.33 bits per heavy atom. The molecule has 0 saturated carbocycles. The van der Waals surface area contributed by atoms with Crippen LogP contribution in [0, 0.1) is 5.82 Å². The van der Waals surface area contributed by atoms with E-state index in [1.807, 2.05) is 0 Å². The van der Waals surface area contributed by atoms with E-state index in [0.717, 1.165) is 0 Å². The first-order valence-corrected chi connectivity index (χ1v) is 4.79. The van der Waals surface area contributed by atoms with Crippen molar-refractivity contribution in [1.29, 1.82) is 0 Å². The average Bonchev–Trinajstić information content (AvgIpc) is 2.23. The van der Waals surface area contributed by atoms with E-state index >= 15 is 0 Å². The molecule has 0 aliphatic heterocycles. The van der Waals surface area contributed by atoms with Gasteiger partial charge in [-0.15, -0.1) is 11.6 Å². The van der Waals surface area contributed by atoms with Crippen LogP contribution in [0.1, 0.15) is 5.56 Å². The normalized spacial score (nSPS) is 10.6. The second kappa shape index (κ2) is 5.68. The fourth-order valence-corrected chi connectivity index (χ4v) is 1.00. The van der Waals surface area contributed by atoms with Crippen molar-refractivity contribution in [2.24, 2.45) is 5.16 Å². The third kappa shape index (κ3) is 3.85. The van der Waals surface area contributed by atoms with Crippen molar-refractivity contribution in [3.63, 3.8) is 0 Å². The summed E-state index contributed by atoms with van der Waals surface area (Å²) in [6.45, 7) is 0. The molecule has 0 aliphatic rings. The molecule has 0 fully saturated rings. The predicted molar refractivity (Wildman–Crippen MR) is 55.8 cm³/mol. The van der Waals surface area contributed by atoms with Crippen molar-refractivity contribution in [2.75, 3.05) is 5.88 Å². The highest BCUT2D eigenvalue weighted by molar-refractivity contribution is 6.31. The third-order valence-electron chi connectivity index (χ3n) is 1.41. The maximum absolute atomic E-state index is 12.7. The number of hydrogen-bond donors (Lipinski definition) is 0. The van der Waals surface area contributed by atoms with E-state index < -0.39 is 11.8 Å². The number of nitrogens with zero attached hydrogens (tertiary/aromatic N) is 1. The van der Waals surface area contributed by atoms with Gasteiger partial charge in [0.1, 0.15) is 11.7 Å². The maximum Gasteiger partial charge on any atom is 0.349 e. The van der Waals surface area contributed by atoms with Gasteiger partial charge in [-0.2, -0.15) is 0 Å². The van der Waals surface area contributed by atoms with Crippen LogP contribution in [0.5, 0.6) is 0 Å². The van der Waals surface area contributed by atoms with E-state index in [4.69, 9.17) is 23.2 Å². The number of carbonyl (C=O) groups is 1. The molecule has 15 heavy (non-hydrogen) atoms. The van der Waals surface area contributed by atoms with Crippen LogP contribution >= 0.6 is 23.2 Å². The van der Waals surface area contributed by atoms with Crippen LogP contribution in [0.3, 0.4) is 0 Å². The van der Waals surface area contributed by atoms with Crippen LogP contribution in [-0.4, -0.2) is 18.1 Å². The topological polar surface area (TPSA) is 38.7 Å². The van der Waals surface area contributed by atoms with Gasteiger partial charge in [-0.05, 0) is 17.7 Å². The summed E-state index contributed by atoms with van der Waals surface area (Å²) in [5.41, 5.74) is 0.517. The first-order valence-electron chi connectivity index (χ1n) is 3.87. The minimum atomic E-state index is -0.666. The zero-order valence-corrected chi connectivity index (χ0v) is 8.93. The van der Waals surface area contributed by atoms with Crippen LogP contribution in [0.2, 0.25) is 5.02 Å². The number of hydrogen-bond acceptors (Lipinski definition) is 3. The van der Waals surface area contributed by atoms with Gasteiger partial charge in [0.2, 0.25) is 0 Å². The Labute approximate surface area is 95.4 Å². The van der Waals surface area contributed by atoms with Gasteiger partial charge < -0.3 is 4.84 Å². The zero-order valence-electron chi connectivity index (χ0n) is 7.41.